The molecular weight excluding hydrogens is 372 g/mol. The maximum absolute atomic E-state index is 13.0. The molecule has 1 aliphatic rings. The number of hydrogen-bond acceptors (Lipinski definition) is 4. The van der Waals surface area contributed by atoms with Crippen molar-refractivity contribution in [2.75, 3.05) is 18.6 Å². The Labute approximate surface area is 159 Å². The highest BCUT2D eigenvalue weighted by atomic mass is 35.5. The molecule has 3 aromatic rings. The van der Waals surface area contributed by atoms with E-state index in [9.17, 15) is 10.0 Å². The first-order chi connectivity index (χ1) is 12.5. The molecule has 1 N–H and O–H groups in total. The van der Waals surface area contributed by atoms with Crippen molar-refractivity contribution >= 4 is 34.5 Å². The van der Waals surface area contributed by atoms with Crippen molar-refractivity contribution in [1.29, 1.82) is 0 Å². The first-order valence-electron chi connectivity index (χ1n) is 8.07. The number of benzene rings is 1. The fourth-order valence-electron chi connectivity index (χ4n) is 2.99. The number of hydrogen-bond donors (Lipinski definition) is 1. The summed E-state index contributed by atoms with van der Waals surface area (Å²) < 4.78 is 6.74. The Morgan fingerprint density at radius 2 is 2.15 bits per heavy atom. The molecule has 5 nitrogen and oxygen atoms in total. The van der Waals surface area contributed by atoms with Crippen LogP contribution in [-0.4, -0.2) is 24.8 Å². The fourth-order valence-corrected chi connectivity index (χ4v) is 4.45. The Hall–Kier alpha value is -2.57. The summed E-state index contributed by atoms with van der Waals surface area (Å²) in [6, 6.07) is 10.9. The van der Waals surface area contributed by atoms with E-state index in [1.54, 1.807) is 30.3 Å². The second kappa shape index (κ2) is 6.63. The Morgan fingerprint density at radius 1 is 1.35 bits per heavy atom. The van der Waals surface area contributed by atoms with Crippen LogP contribution in [0.4, 0.5) is 5.69 Å². The summed E-state index contributed by atoms with van der Waals surface area (Å²) in [4.78, 5) is 16.1. The van der Waals surface area contributed by atoms with E-state index in [-0.39, 0.29) is 5.91 Å². The molecule has 0 saturated heterocycles. The maximum atomic E-state index is 13.0. The molecule has 4 rings (SSSR count). The number of rotatable bonds is 2. The lowest BCUT2D eigenvalue weighted by atomic mass is 10.1. The van der Waals surface area contributed by atoms with Gasteiger partial charge in [-0.15, -0.1) is 11.3 Å². The molecule has 3 heterocycles. The summed E-state index contributed by atoms with van der Waals surface area (Å²) in [7, 11) is 1.72. The van der Waals surface area contributed by atoms with Gasteiger partial charge in [0.2, 0.25) is 12.4 Å². The normalized spacial score (nSPS) is 12.5. The minimum absolute atomic E-state index is 0.119. The van der Waals surface area contributed by atoms with Crippen LogP contribution in [0.15, 0.2) is 48.8 Å². The topological polar surface area (TPSA) is 53.7 Å². The molecular formula is C19H16ClN2O3S+. The van der Waals surface area contributed by atoms with Crippen LogP contribution in [0.2, 0.25) is 5.02 Å². The molecule has 0 aliphatic carbocycles. The molecule has 2 aromatic heterocycles. The Morgan fingerprint density at radius 3 is 2.96 bits per heavy atom. The van der Waals surface area contributed by atoms with E-state index in [4.69, 9.17) is 16.3 Å². The minimum Gasteiger partial charge on any atom is -0.492 e. The molecule has 7 heteroatoms. The van der Waals surface area contributed by atoms with E-state index < -0.39 is 0 Å². The monoisotopic (exact) mass is 387 g/mol. The van der Waals surface area contributed by atoms with E-state index >= 15 is 0 Å². The largest absolute Gasteiger partial charge is 0.492 e. The number of aromatic nitrogens is 1. The van der Waals surface area contributed by atoms with Gasteiger partial charge in [-0.25, -0.2) is 0 Å². The van der Waals surface area contributed by atoms with Gasteiger partial charge in [-0.3, -0.25) is 10.0 Å². The van der Waals surface area contributed by atoms with Crippen LogP contribution >= 0.6 is 22.9 Å². The summed E-state index contributed by atoms with van der Waals surface area (Å²) in [5, 5.41) is 10.3. The Bertz CT molecular complexity index is 1000. The number of amides is 1. The highest BCUT2D eigenvalue weighted by molar-refractivity contribution is 7.17. The zero-order valence-corrected chi connectivity index (χ0v) is 15.5. The van der Waals surface area contributed by atoms with Gasteiger partial charge < -0.3 is 9.64 Å². The molecule has 26 heavy (non-hydrogen) atoms. The Balaban J connectivity index is 1.74. The lowest BCUT2D eigenvalue weighted by molar-refractivity contribution is -0.904. The third kappa shape index (κ3) is 2.91. The van der Waals surface area contributed by atoms with Crippen molar-refractivity contribution in [2.45, 2.75) is 6.42 Å². The number of carbonyl (C=O) groups excluding carboxylic acids is 1. The number of fused-ring (bicyclic) bond motifs is 3. The highest BCUT2D eigenvalue weighted by Crippen LogP contribution is 2.40. The lowest BCUT2D eigenvalue weighted by Gasteiger charge is -2.17. The van der Waals surface area contributed by atoms with Gasteiger partial charge in [0.25, 0.3) is 5.91 Å². The number of nitrogens with zero attached hydrogens (tertiary/aromatic N) is 2. The van der Waals surface area contributed by atoms with Gasteiger partial charge in [0.05, 0.1) is 22.2 Å². The van der Waals surface area contributed by atoms with Crippen LogP contribution in [0.3, 0.4) is 0 Å². The van der Waals surface area contributed by atoms with Crippen LogP contribution in [0.1, 0.15) is 15.2 Å². The molecule has 1 amide bonds. The predicted molar refractivity (Wildman–Crippen MR) is 101 cm³/mol. The third-order valence-electron chi connectivity index (χ3n) is 4.32. The van der Waals surface area contributed by atoms with E-state index in [2.05, 4.69) is 0 Å². The quantitative estimate of drug-likeness (QED) is 0.537. The standard InChI is InChI=1S/C19H16ClN2O3S/c1-21(15-5-3-2-4-14(15)20)19(23)17-10-12-7-9-25-16-6-8-22(24)11-13(16)18(12)26-17/h2-6,8,10-11,24H,7,9H2,1H3/q+1. The number of anilines is 1. The summed E-state index contributed by atoms with van der Waals surface area (Å²) in [5.74, 6) is 0.584. The lowest BCUT2D eigenvalue weighted by Crippen LogP contribution is -2.28. The molecule has 0 spiro atoms. The first-order valence-corrected chi connectivity index (χ1v) is 9.27. The van der Waals surface area contributed by atoms with Crippen molar-refractivity contribution in [2.24, 2.45) is 0 Å². The van der Waals surface area contributed by atoms with Crippen molar-refractivity contribution in [3.8, 4) is 16.2 Å². The fraction of sp³-hybridized carbons (Fsp3) is 0.158. The predicted octanol–water partition coefficient (Wildman–Crippen LogP) is 3.80. The molecule has 0 atom stereocenters. The number of para-hydroxylation sites is 1. The smallest absolute Gasteiger partial charge is 0.268 e. The molecule has 1 aliphatic heterocycles. The number of ether oxygens (including phenoxy) is 1. The van der Waals surface area contributed by atoms with Gasteiger partial charge >= 0.3 is 0 Å². The minimum atomic E-state index is -0.119. The van der Waals surface area contributed by atoms with E-state index in [0.717, 1.165) is 20.7 Å². The van der Waals surface area contributed by atoms with Crippen molar-refractivity contribution < 1.29 is 19.5 Å². The molecule has 0 saturated carbocycles. The number of carbonyl (C=O) groups is 1. The maximum Gasteiger partial charge on any atom is 0.268 e. The van der Waals surface area contributed by atoms with Crippen LogP contribution < -0.4 is 14.4 Å². The average molecular weight is 388 g/mol. The van der Waals surface area contributed by atoms with Crippen molar-refractivity contribution in [1.82, 2.24) is 0 Å². The van der Waals surface area contributed by atoms with Crippen LogP contribution in [-0.2, 0) is 6.42 Å². The second-order valence-corrected chi connectivity index (χ2v) is 7.44. The third-order valence-corrected chi connectivity index (χ3v) is 5.84. The molecule has 0 unspecified atom stereocenters. The Kier molecular flexibility index (Phi) is 4.30. The van der Waals surface area contributed by atoms with Crippen LogP contribution in [0, 0.1) is 0 Å². The summed E-state index contributed by atoms with van der Waals surface area (Å²) >= 11 is 7.62. The van der Waals surface area contributed by atoms with Gasteiger partial charge in [0, 0.05) is 29.1 Å². The van der Waals surface area contributed by atoms with Crippen molar-refractivity contribution in [3.05, 3.63) is 64.3 Å². The number of thiophene rings is 1. The first kappa shape index (κ1) is 16.9. The van der Waals surface area contributed by atoms with Gasteiger partial charge in [-0.2, -0.15) is 0 Å². The van der Waals surface area contributed by atoms with E-state index in [0.29, 0.717) is 34.4 Å². The van der Waals surface area contributed by atoms with Gasteiger partial charge in [0.1, 0.15) is 11.3 Å². The molecule has 0 fully saturated rings. The molecule has 132 valence electrons. The van der Waals surface area contributed by atoms with Gasteiger partial charge in [-0.05, 0) is 23.8 Å². The van der Waals surface area contributed by atoms with E-state index in [1.807, 2.05) is 24.3 Å². The van der Waals surface area contributed by atoms with Crippen LogP contribution in [0.5, 0.6) is 5.75 Å². The SMILES string of the molecule is CN(C(=O)c1cc2c(s1)-c1c[n+](O)ccc1OCC2)c1ccccc1Cl. The summed E-state index contributed by atoms with van der Waals surface area (Å²) in [6.07, 6.45) is 3.83. The van der Waals surface area contributed by atoms with Gasteiger partial charge in [-0.1, -0.05) is 23.7 Å². The molecule has 0 bridgehead atoms. The zero-order valence-electron chi connectivity index (χ0n) is 14.0. The highest BCUT2D eigenvalue weighted by Gasteiger charge is 2.25. The second-order valence-electron chi connectivity index (χ2n) is 5.98. The van der Waals surface area contributed by atoms with Crippen molar-refractivity contribution in [3.63, 3.8) is 0 Å². The summed E-state index contributed by atoms with van der Waals surface area (Å²) in [6.45, 7) is 0.528. The number of pyridine rings is 1. The zero-order chi connectivity index (χ0) is 18.3. The summed E-state index contributed by atoms with van der Waals surface area (Å²) in [5.41, 5.74) is 2.49. The van der Waals surface area contributed by atoms with E-state index in [1.165, 1.54) is 17.5 Å². The van der Waals surface area contributed by atoms with Crippen LogP contribution in [0.25, 0.3) is 10.4 Å². The molecule has 1 aromatic carbocycles. The van der Waals surface area contributed by atoms with Gasteiger partial charge in [0.15, 0.2) is 0 Å². The molecule has 0 radical (unpaired) electrons. The number of halogens is 1. The average Bonchev–Trinajstić information content (AvgIpc) is 2.99.